The van der Waals surface area contributed by atoms with Crippen LogP contribution >= 0.6 is 11.3 Å². The summed E-state index contributed by atoms with van der Waals surface area (Å²) in [7, 11) is 0. The quantitative estimate of drug-likeness (QED) is 0.703. The molecule has 0 bridgehead atoms. The van der Waals surface area contributed by atoms with Gasteiger partial charge in [0.25, 0.3) is 0 Å². The lowest BCUT2D eigenvalue weighted by atomic mass is 10.0. The van der Waals surface area contributed by atoms with Crippen LogP contribution in [0.4, 0.5) is 0 Å². The molecule has 0 saturated carbocycles. The number of rotatable bonds is 2. The van der Waals surface area contributed by atoms with Gasteiger partial charge in [0.05, 0.1) is 0 Å². The molecule has 0 atom stereocenters. The van der Waals surface area contributed by atoms with E-state index < -0.39 is 0 Å². The molecular weight excluding hydrogens is 238 g/mol. The number of thiazole rings is 1. The lowest BCUT2D eigenvalue weighted by molar-refractivity contribution is 0.457. The van der Waals surface area contributed by atoms with Crippen molar-refractivity contribution in [2.45, 2.75) is 34.6 Å². The molecule has 0 saturated heterocycles. The standard InChI is InChI=1S/C10H9NS.C6H14/c1-8-7-12-10(11-8)9-5-3-2-4-6-9;1-5(2)6(3)4/h2-7H,1H3;5-6H,1-4H3. The predicted molar refractivity (Wildman–Crippen MR) is 82.0 cm³/mol. The molecule has 1 nitrogen and oxygen atoms in total. The first-order valence-electron chi connectivity index (χ1n) is 6.48. The van der Waals surface area contributed by atoms with Crippen molar-refractivity contribution in [3.8, 4) is 10.6 Å². The Morgan fingerprint density at radius 2 is 1.50 bits per heavy atom. The Balaban J connectivity index is 0.000000232. The number of aromatic nitrogens is 1. The summed E-state index contributed by atoms with van der Waals surface area (Å²) in [6, 6.07) is 10.2. The Morgan fingerprint density at radius 1 is 0.944 bits per heavy atom. The van der Waals surface area contributed by atoms with Crippen molar-refractivity contribution in [2.24, 2.45) is 11.8 Å². The van der Waals surface area contributed by atoms with Crippen LogP contribution in [0, 0.1) is 18.8 Å². The molecule has 18 heavy (non-hydrogen) atoms. The van der Waals surface area contributed by atoms with E-state index >= 15 is 0 Å². The van der Waals surface area contributed by atoms with Gasteiger partial charge in [-0.05, 0) is 18.8 Å². The van der Waals surface area contributed by atoms with Crippen LogP contribution in [0.5, 0.6) is 0 Å². The van der Waals surface area contributed by atoms with Gasteiger partial charge in [-0.25, -0.2) is 4.98 Å². The minimum atomic E-state index is 0.852. The number of benzene rings is 1. The predicted octanol–water partition coefficient (Wildman–Crippen LogP) is 5.42. The van der Waals surface area contributed by atoms with Gasteiger partial charge in [0.2, 0.25) is 0 Å². The van der Waals surface area contributed by atoms with Crippen LogP contribution in [0.15, 0.2) is 35.7 Å². The highest BCUT2D eigenvalue weighted by molar-refractivity contribution is 7.13. The summed E-state index contributed by atoms with van der Waals surface area (Å²) < 4.78 is 0. The van der Waals surface area contributed by atoms with Crippen LogP contribution in [-0.4, -0.2) is 4.98 Å². The third-order valence-electron chi connectivity index (χ3n) is 2.97. The Bertz CT molecular complexity index is 437. The van der Waals surface area contributed by atoms with E-state index in [-0.39, 0.29) is 0 Å². The van der Waals surface area contributed by atoms with E-state index in [9.17, 15) is 0 Å². The first kappa shape index (κ1) is 14.9. The molecule has 1 aromatic heterocycles. The Morgan fingerprint density at radius 3 is 1.89 bits per heavy atom. The topological polar surface area (TPSA) is 12.9 Å². The normalized spacial score (nSPS) is 10.4. The summed E-state index contributed by atoms with van der Waals surface area (Å²) >= 11 is 1.69. The monoisotopic (exact) mass is 261 g/mol. The first-order chi connectivity index (χ1) is 8.50. The highest BCUT2D eigenvalue weighted by atomic mass is 32.1. The van der Waals surface area contributed by atoms with Gasteiger partial charge in [-0.1, -0.05) is 58.0 Å². The van der Waals surface area contributed by atoms with Crippen LogP contribution < -0.4 is 0 Å². The number of aryl methyl sites for hydroxylation is 1. The van der Waals surface area contributed by atoms with Crippen molar-refractivity contribution in [3.05, 3.63) is 41.4 Å². The Hall–Kier alpha value is -1.15. The van der Waals surface area contributed by atoms with Crippen molar-refractivity contribution in [3.63, 3.8) is 0 Å². The molecule has 2 rings (SSSR count). The summed E-state index contributed by atoms with van der Waals surface area (Å²) in [5.74, 6) is 1.70. The summed E-state index contributed by atoms with van der Waals surface area (Å²) in [4.78, 5) is 4.40. The van der Waals surface area contributed by atoms with Crippen LogP contribution in [-0.2, 0) is 0 Å². The molecule has 0 aliphatic carbocycles. The molecule has 0 radical (unpaired) electrons. The van der Waals surface area contributed by atoms with E-state index in [0.29, 0.717) is 0 Å². The fourth-order valence-electron chi connectivity index (χ4n) is 1.07. The molecule has 0 amide bonds. The molecule has 2 aromatic rings. The molecule has 0 fully saturated rings. The minimum Gasteiger partial charge on any atom is -0.241 e. The number of nitrogens with zero attached hydrogens (tertiary/aromatic N) is 1. The van der Waals surface area contributed by atoms with E-state index in [1.165, 1.54) is 5.56 Å². The minimum absolute atomic E-state index is 0.852. The second kappa shape index (κ2) is 7.32. The first-order valence-corrected chi connectivity index (χ1v) is 7.36. The molecule has 0 unspecified atom stereocenters. The zero-order valence-corrected chi connectivity index (χ0v) is 12.8. The summed E-state index contributed by atoms with van der Waals surface area (Å²) in [5.41, 5.74) is 2.30. The van der Waals surface area contributed by atoms with Gasteiger partial charge in [0.15, 0.2) is 0 Å². The van der Waals surface area contributed by atoms with Crippen molar-refractivity contribution in [1.29, 1.82) is 0 Å². The van der Waals surface area contributed by atoms with Crippen molar-refractivity contribution < 1.29 is 0 Å². The average molecular weight is 261 g/mol. The molecule has 0 spiro atoms. The number of hydrogen-bond acceptors (Lipinski definition) is 2. The van der Waals surface area contributed by atoms with Gasteiger partial charge in [0.1, 0.15) is 5.01 Å². The van der Waals surface area contributed by atoms with Crippen LogP contribution in [0.3, 0.4) is 0 Å². The average Bonchev–Trinajstić information content (AvgIpc) is 2.78. The molecule has 1 aromatic carbocycles. The van der Waals surface area contributed by atoms with Crippen molar-refractivity contribution in [2.75, 3.05) is 0 Å². The van der Waals surface area contributed by atoms with E-state index in [0.717, 1.165) is 22.5 Å². The zero-order chi connectivity index (χ0) is 13.5. The van der Waals surface area contributed by atoms with Gasteiger partial charge in [-0.3, -0.25) is 0 Å². The maximum Gasteiger partial charge on any atom is 0.123 e. The van der Waals surface area contributed by atoms with Gasteiger partial charge in [-0.15, -0.1) is 11.3 Å². The maximum absolute atomic E-state index is 4.40. The largest absolute Gasteiger partial charge is 0.241 e. The van der Waals surface area contributed by atoms with Gasteiger partial charge >= 0.3 is 0 Å². The molecule has 98 valence electrons. The fourth-order valence-corrected chi connectivity index (χ4v) is 1.87. The van der Waals surface area contributed by atoms with E-state index in [2.05, 4.69) is 50.2 Å². The summed E-state index contributed by atoms with van der Waals surface area (Å²) in [5, 5.41) is 3.18. The zero-order valence-electron chi connectivity index (χ0n) is 12.0. The summed E-state index contributed by atoms with van der Waals surface area (Å²) in [6.45, 7) is 11.0. The third-order valence-corrected chi connectivity index (χ3v) is 3.98. The third kappa shape index (κ3) is 5.01. The van der Waals surface area contributed by atoms with E-state index in [1.54, 1.807) is 11.3 Å². The molecule has 1 heterocycles. The highest BCUT2D eigenvalue weighted by Crippen LogP contribution is 2.22. The SMILES string of the molecule is CC(C)C(C)C.Cc1csc(-c2ccccc2)n1. The van der Waals surface area contributed by atoms with Crippen LogP contribution in [0.2, 0.25) is 0 Å². The van der Waals surface area contributed by atoms with Crippen LogP contribution in [0.25, 0.3) is 10.6 Å². The second-order valence-corrected chi connectivity index (χ2v) is 6.01. The maximum atomic E-state index is 4.40. The molecule has 2 heteroatoms. The Labute approximate surface area is 115 Å². The number of hydrogen-bond donors (Lipinski definition) is 0. The Kier molecular flexibility index (Phi) is 6.06. The highest BCUT2D eigenvalue weighted by Gasteiger charge is 1.99. The van der Waals surface area contributed by atoms with E-state index in [4.69, 9.17) is 0 Å². The van der Waals surface area contributed by atoms with Gasteiger partial charge in [-0.2, -0.15) is 0 Å². The fraction of sp³-hybridized carbons (Fsp3) is 0.438. The smallest absolute Gasteiger partial charge is 0.123 e. The lowest BCUT2D eigenvalue weighted by Gasteiger charge is -2.05. The van der Waals surface area contributed by atoms with Gasteiger partial charge < -0.3 is 0 Å². The van der Waals surface area contributed by atoms with Crippen molar-refractivity contribution >= 4 is 11.3 Å². The lowest BCUT2D eigenvalue weighted by Crippen LogP contribution is -1.95. The van der Waals surface area contributed by atoms with E-state index in [1.807, 2.05) is 25.1 Å². The summed E-state index contributed by atoms with van der Waals surface area (Å²) in [6.07, 6.45) is 0. The van der Waals surface area contributed by atoms with Gasteiger partial charge in [0, 0.05) is 16.6 Å². The molecule has 0 N–H and O–H groups in total. The van der Waals surface area contributed by atoms with Crippen molar-refractivity contribution in [1.82, 2.24) is 4.98 Å². The van der Waals surface area contributed by atoms with Crippen LogP contribution in [0.1, 0.15) is 33.4 Å². The second-order valence-electron chi connectivity index (χ2n) is 5.15. The molecule has 0 aliphatic heterocycles. The molecular formula is C16H23NS. The molecule has 0 aliphatic rings.